The molecule has 0 saturated carbocycles. The van der Waals surface area contributed by atoms with Crippen LogP contribution in [0.25, 0.3) is 11.0 Å². The van der Waals surface area contributed by atoms with Crippen molar-refractivity contribution in [2.75, 3.05) is 23.3 Å². The lowest BCUT2D eigenvalue weighted by molar-refractivity contribution is 0.102. The summed E-state index contributed by atoms with van der Waals surface area (Å²) in [6.45, 7) is 5.79. The second kappa shape index (κ2) is 8.03. The highest BCUT2D eigenvalue weighted by Crippen LogP contribution is 2.26. The molecule has 0 aliphatic carbocycles. The number of anilines is 2. The van der Waals surface area contributed by atoms with Gasteiger partial charge in [0.15, 0.2) is 0 Å². The Morgan fingerprint density at radius 3 is 2.48 bits per heavy atom. The SMILES string of the molecule is CCN(CC)c1ccc2cc(C(=O)Nc3ccc(Cl)cc3Cl)c(=O)oc2c1. The summed E-state index contributed by atoms with van der Waals surface area (Å²) in [5, 5.41) is 4.01. The number of halogens is 2. The summed E-state index contributed by atoms with van der Waals surface area (Å²) in [7, 11) is 0. The van der Waals surface area contributed by atoms with Gasteiger partial charge in [-0.05, 0) is 50.2 Å². The molecular weight excluding hydrogens is 387 g/mol. The molecule has 3 rings (SSSR count). The smallest absolute Gasteiger partial charge is 0.349 e. The lowest BCUT2D eigenvalue weighted by Gasteiger charge is -2.21. The maximum Gasteiger partial charge on any atom is 0.349 e. The van der Waals surface area contributed by atoms with E-state index in [4.69, 9.17) is 27.6 Å². The molecule has 0 atom stereocenters. The van der Waals surface area contributed by atoms with Crippen LogP contribution in [0, 0.1) is 0 Å². The monoisotopic (exact) mass is 404 g/mol. The third-order valence-electron chi connectivity index (χ3n) is 4.27. The Kier molecular flexibility index (Phi) is 5.73. The number of nitrogens with zero attached hydrogens (tertiary/aromatic N) is 1. The maximum atomic E-state index is 12.5. The molecule has 140 valence electrons. The summed E-state index contributed by atoms with van der Waals surface area (Å²) in [6.07, 6.45) is 0. The molecule has 0 aliphatic rings. The Bertz CT molecular complexity index is 1060. The van der Waals surface area contributed by atoms with Gasteiger partial charge >= 0.3 is 5.63 Å². The predicted molar refractivity (Wildman–Crippen MR) is 110 cm³/mol. The van der Waals surface area contributed by atoms with Gasteiger partial charge in [0.1, 0.15) is 11.1 Å². The number of fused-ring (bicyclic) bond motifs is 1. The number of rotatable bonds is 5. The normalized spacial score (nSPS) is 10.8. The second-order valence-corrected chi connectivity index (χ2v) is 6.76. The van der Waals surface area contributed by atoms with E-state index in [1.165, 1.54) is 12.1 Å². The standard InChI is InChI=1S/C20H18Cl2N2O3/c1-3-24(4-2)14-7-5-12-9-15(20(26)27-18(12)11-14)19(25)23-17-8-6-13(21)10-16(17)22/h5-11H,3-4H2,1-2H3,(H,23,25). The zero-order valence-corrected chi connectivity index (χ0v) is 16.4. The van der Waals surface area contributed by atoms with Gasteiger partial charge in [-0.15, -0.1) is 0 Å². The molecule has 1 N–H and O–H groups in total. The van der Waals surface area contributed by atoms with Crippen LogP contribution in [0.15, 0.2) is 51.7 Å². The molecule has 0 unspecified atom stereocenters. The lowest BCUT2D eigenvalue weighted by atomic mass is 10.1. The topological polar surface area (TPSA) is 62.6 Å². The fraction of sp³-hybridized carbons (Fsp3) is 0.200. The minimum Gasteiger partial charge on any atom is -0.422 e. The first-order chi connectivity index (χ1) is 12.9. The van der Waals surface area contributed by atoms with Crippen LogP contribution >= 0.6 is 23.2 Å². The van der Waals surface area contributed by atoms with Crippen LogP contribution < -0.4 is 15.8 Å². The van der Waals surface area contributed by atoms with Crippen molar-refractivity contribution in [2.24, 2.45) is 0 Å². The molecule has 3 aromatic rings. The summed E-state index contributed by atoms with van der Waals surface area (Å²) in [5.41, 5.74) is 0.958. The Morgan fingerprint density at radius 2 is 1.81 bits per heavy atom. The average molecular weight is 405 g/mol. The number of nitrogens with one attached hydrogen (secondary N) is 1. The molecule has 7 heteroatoms. The largest absolute Gasteiger partial charge is 0.422 e. The van der Waals surface area contributed by atoms with Crippen LogP contribution in [0.1, 0.15) is 24.2 Å². The van der Waals surface area contributed by atoms with Crippen molar-refractivity contribution in [3.63, 3.8) is 0 Å². The molecule has 0 radical (unpaired) electrons. The Labute approximate surface area is 166 Å². The zero-order chi connectivity index (χ0) is 19.6. The molecular formula is C20H18Cl2N2O3. The van der Waals surface area contributed by atoms with Gasteiger partial charge in [0.2, 0.25) is 0 Å². The van der Waals surface area contributed by atoms with Gasteiger partial charge in [0.25, 0.3) is 5.91 Å². The first kappa shape index (κ1) is 19.3. The van der Waals surface area contributed by atoms with E-state index in [0.29, 0.717) is 21.7 Å². The molecule has 0 saturated heterocycles. The molecule has 0 aliphatic heterocycles. The van der Waals surface area contributed by atoms with E-state index >= 15 is 0 Å². The van der Waals surface area contributed by atoms with Gasteiger partial charge in [-0.2, -0.15) is 0 Å². The fourth-order valence-corrected chi connectivity index (χ4v) is 3.28. The van der Waals surface area contributed by atoms with Crippen LogP contribution in [-0.4, -0.2) is 19.0 Å². The Morgan fingerprint density at radius 1 is 1.07 bits per heavy atom. The van der Waals surface area contributed by atoms with Crippen molar-refractivity contribution >= 4 is 51.5 Å². The molecule has 0 spiro atoms. The number of hydrogen-bond donors (Lipinski definition) is 1. The van der Waals surface area contributed by atoms with Crippen molar-refractivity contribution < 1.29 is 9.21 Å². The third kappa shape index (κ3) is 4.10. The van der Waals surface area contributed by atoms with Gasteiger partial charge in [0.05, 0.1) is 10.7 Å². The highest BCUT2D eigenvalue weighted by atomic mass is 35.5. The van der Waals surface area contributed by atoms with E-state index in [2.05, 4.69) is 24.1 Å². The van der Waals surface area contributed by atoms with E-state index in [9.17, 15) is 9.59 Å². The van der Waals surface area contributed by atoms with Crippen LogP contribution in [0.4, 0.5) is 11.4 Å². The highest BCUT2D eigenvalue weighted by molar-refractivity contribution is 6.36. The first-order valence-corrected chi connectivity index (χ1v) is 9.27. The highest BCUT2D eigenvalue weighted by Gasteiger charge is 2.16. The molecule has 5 nitrogen and oxygen atoms in total. The van der Waals surface area contributed by atoms with Crippen LogP contribution in [0.2, 0.25) is 10.0 Å². The molecule has 1 amide bonds. The Balaban J connectivity index is 1.95. The van der Waals surface area contributed by atoms with Gasteiger partial charge < -0.3 is 14.6 Å². The molecule has 2 aromatic carbocycles. The van der Waals surface area contributed by atoms with Crippen molar-refractivity contribution in [2.45, 2.75) is 13.8 Å². The van der Waals surface area contributed by atoms with Gasteiger partial charge in [-0.25, -0.2) is 4.79 Å². The van der Waals surface area contributed by atoms with Crippen LogP contribution in [0.3, 0.4) is 0 Å². The maximum absolute atomic E-state index is 12.5. The van der Waals surface area contributed by atoms with Crippen LogP contribution in [0.5, 0.6) is 0 Å². The third-order valence-corrected chi connectivity index (χ3v) is 4.82. The number of benzene rings is 2. The summed E-state index contributed by atoms with van der Waals surface area (Å²) in [5.74, 6) is -0.595. The minimum atomic E-state index is -0.707. The van der Waals surface area contributed by atoms with E-state index in [-0.39, 0.29) is 10.6 Å². The number of carbonyl (C=O) groups is 1. The zero-order valence-electron chi connectivity index (χ0n) is 14.9. The van der Waals surface area contributed by atoms with Crippen LogP contribution in [-0.2, 0) is 0 Å². The molecule has 0 fully saturated rings. The Hall–Kier alpha value is -2.50. The minimum absolute atomic E-state index is 0.0934. The van der Waals surface area contributed by atoms with Crippen molar-refractivity contribution in [3.05, 3.63) is 68.5 Å². The van der Waals surface area contributed by atoms with E-state index in [1.807, 2.05) is 18.2 Å². The van der Waals surface area contributed by atoms with E-state index in [0.717, 1.165) is 18.8 Å². The molecule has 1 heterocycles. The van der Waals surface area contributed by atoms with E-state index in [1.54, 1.807) is 12.1 Å². The summed E-state index contributed by atoms with van der Waals surface area (Å²) in [6, 6.07) is 11.8. The number of amides is 1. The lowest BCUT2D eigenvalue weighted by Crippen LogP contribution is -2.22. The number of carbonyl (C=O) groups excluding carboxylic acids is 1. The van der Waals surface area contributed by atoms with Gasteiger partial charge in [-0.3, -0.25) is 4.79 Å². The average Bonchev–Trinajstić information content (AvgIpc) is 2.64. The molecule has 0 bridgehead atoms. The van der Waals surface area contributed by atoms with Crippen molar-refractivity contribution in [1.82, 2.24) is 0 Å². The predicted octanol–water partition coefficient (Wildman–Crippen LogP) is 5.20. The van der Waals surface area contributed by atoms with Crippen molar-refractivity contribution in [1.29, 1.82) is 0 Å². The summed E-state index contributed by atoms with van der Waals surface area (Å²) in [4.78, 5) is 27.0. The van der Waals surface area contributed by atoms with E-state index < -0.39 is 11.5 Å². The quantitative estimate of drug-likeness (QED) is 0.593. The van der Waals surface area contributed by atoms with Gasteiger partial charge in [0, 0.05) is 35.3 Å². The first-order valence-electron chi connectivity index (χ1n) is 8.52. The molecule has 1 aromatic heterocycles. The van der Waals surface area contributed by atoms with Gasteiger partial charge in [-0.1, -0.05) is 23.2 Å². The fourth-order valence-electron chi connectivity index (χ4n) is 2.82. The van der Waals surface area contributed by atoms with Crippen molar-refractivity contribution in [3.8, 4) is 0 Å². The second-order valence-electron chi connectivity index (χ2n) is 5.92. The summed E-state index contributed by atoms with van der Waals surface area (Å²) >= 11 is 11.9. The number of hydrogen-bond acceptors (Lipinski definition) is 4. The molecule has 27 heavy (non-hydrogen) atoms. The summed E-state index contributed by atoms with van der Waals surface area (Å²) < 4.78 is 5.38.